The van der Waals surface area contributed by atoms with Crippen LogP contribution in [0.2, 0.25) is 0 Å². The minimum atomic E-state index is -4.62. The Kier molecular flexibility index (Phi) is 6.43. The molecule has 3 fully saturated rings. The van der Waals surface area contributed by atoms with Crippen LogP contribution in [0.1, 0.15) is 31.2 Å². The lowest BCUT2D eigenvalue weighted by atomic mass is 10.0. The molecule has 3 unspecified atom stereocenters. The standard InChI is InChI=1S/C27H28N4O13S2/c1-12-15(19(32)29(3)24(37)28(12)2)6-17-22(35)43-26(45(17,39)40)8-13-10-27(11-14(13)9-26)44-23(36)18(46(27,41)42)7-16-20(33)30(4)25(38)31(5)21(16)34/h6-7,13-14,33,35H,1,8-11H2,2-5H3/b15-6?,18-7+/t13-,14?,26?,27?/m0/s1. The topological polar surface area (TPSA) is 232 Å². The number of fused-ring (bicyclic) bond motifs is 1. The minimum absolute atomic E-state index is 0.101. The van der Waals surface area contributed by atoms with Gasteiger partial charge in [0.15, 0.2) is 9.81 Å². The molecule has 0 radical (unpaired) electrons. The summed E-state index contributed by atoms with van der Waals surface area (Å²) in [6.07, 6.45) is 0.308. The van der Waals surface area contributed by atoms with E-state index >= 15 is 0 Å². The third-order valence-corrected chi connectivity index (χ3v) is 14.1. The average Bonchev–Trinajstić information content (AvgIpc) is 3.60. The molecule has 4 atom stereocenters. The number of sulfone groups is 2. The van der Waals surface area contributed by atoms with Gasteiger partial charge in [0, 0.05) is 53.9 Å². The fourth-order valence-electron chi connectivity index (χ4n) is 6.94. The van der Waals surface area contributed by atoms with Gasteiger partial charge in [0.25, 0.3) is 17.1 Å². The van der Waals surface area contributed by atoms with Gasteiger partial charge in [-0.25, -0.2) is 31.2 Å². The van der Waals surface area contributed by atoms with E-state index in [-0.39, 0.29) is 36.3 Å². The lowest BCUT2D eigenvalue weighted by Gasteiger charge is -2.27. The predicted octanol–water partition coefficient (Wildman–Crippen LogP) is -3.22. The Morgan fingerprint density at radius 3 is 1.80 bits per heavy atom. The van der Waals surface area contributed by atoms with Crippen LogP contribution >= 0.6 is 0 Å². The zero-order valence-electron chi connectivity index (χ0n) is 24.8. The molecular formula is C27H28N4O13S2. The second-order valence-electron chi connectivity index (χ2n) is 12.0. The molecule has 2 aromatic heterocycles. The monoisotopic (exact) mass is 680 g/mol. The summed E-state index contributed by atoms with van der Waals surface area (Å²) in [5.41, 5.74) is -4.10. The van der Waals surface area contributed by atoms with Crippen LogP contribution < -0.4 is 33.1 Å². The Bertz CT molecular complexity index is 2410. The first kappa shape index (κ1) is 31.3. The molecule has 2 N–H and O–H groups in total. The predicted molar refractivity (Wildman–Crippen MR) is 158 cm³/mol. The molecule has 2 aliphatic heterocycles. The second kappa shape index (κ2) is 9.44. The number of carbonyl (C=O) groups excluding carboxylic acids is 1. The highest BCUT2D eigenvalue weighted by Gasteiger charge is 2.70. The van der Waals surface area contributed by atoms with E-state index in [0.29, 0.717) is 15.2 Å². The smallest absolute Gasteiger partial charge is 0.351 e. The normalized spacial score (nSPS) is 30.5. The van der Waals surface area contributed by atoms with Gasteiger partial charge in [0.1, 0.15) is 5.56 Å². The molecule has 17 nitrogen and oxygen atoms in total. The molecule has 2 aliphatic carbocycles. The van der Waals surface area contributed by atoms with Crippen LogP contribution in [-0.4, -0.2) is 61.2 Å². The highest BCUT2D eigenvalue weighted by Crippen LogP contribution is 2.62. The molecule has 6 rings (SSSR count). The van der Waals surface area contributed by atoms with E-state index in [4.69, 9.17) is 9.47 Å². The van der Waals surface area contributed by atoms with Gasteiger partial charge in [-0.05, 0) is 24.0 Å². The van der Waals surface area contributed by atoms with Gasteiger partial charge >= 0.3 is 17.3 Å². The Hall–Kier alpha value is -4.65. The Labute approximate surface area is 258 Å². The van der Waals surface area contributed by atoms with Gasteiger partial charge in [-0.1, -0.05) is 6.58 Å². The van der Waals surface area contributed by atoms with Gasteiger partial charge in [-0.15, -0.1) is 0 Å². The summed E-state index contributed by atoms with van der Waals surface area (Å²) < 4.78 is 69.3. The molecular weight excluding hydrogens is 652 g/mol. The van der Waals surface area contributed by atoms with Crippen molar-refractivity contribution < 1.29 is 41.3 Å². The van der Waals surface area contributed by atoms with Crippen molar-refractivity contribution in [1.82, 2.24) is 18.3 Å². The first-order chi connectivity index (χ1) is 21.2. The van der Waals surface area contributed by atoms with E-state index in [1.807, 2.05) is 0 Å². The molecule has 0 amide bonds. The molecule has 0 bridgehead atoms. The Morgan fingerprint density at radius 2 is 1.24 bits per heavy atom. The third kappa shape index (κ3) is 3.80. The van der Waals surface area contributed by atoms with Crippen molar-refractivity contribution >= 4 is 44.4 Å². The van der Waals surface area contributed by atoms with E-state index in [9.17, 15) is 51.0 Å². The van der Waals surface area contributed by atoms with E-state index in [1.54, 1.807) is 0 Å². The number of nitrogens with zero attached hydrogens (tertiary/aromatic N) is 4. The molecule has 2 aromatic rings. The zero-order valence-corrected chi connectivity index (χ0v) is 26.5. The van der Waals surface area contributed by atoms with Crippen molar-refractivity contribution in [3.05, 3.63) is 73.6 Å². The van der Waals surface area contributed by atoms with Crippen molar-refractivity contribution in [3.8, 4) is 5.88 Å². The Morgan fingerprint density at radius 1 is 0.739 bits per heavy atom. The van der Waals surface area contributed by atoms with E-state index < -0.39 is 97.0 Å². The molecule has 4 heterocycles. The summed E-state index contributed by atoms with van der Waals surface area (Å²) in [4.78, 5) is 57.0. The second-order valence-corrected chi connectivity index (χ2v) is 16.4. The van der Waals surface area contributed by atoms with Crippen molar-refractivity contribution in [2.24, 2.45) is 40.0 Å². The average molecular weight is 681 g/mol. The minimum Gasteiger partial charge on any atom is -0.494 e. The number of hydrogen-bond acceptors (Lipinski definition) is 13. The van der Waals surface area contributed by atoms with Gasteiger partial charge in [0.2, 0.25) is 35.4 Å². The van der Waals surface area contributed by atoms with Gasteiger partial charge in [0.05, 0.1) is 10.6 Å². The van der Waals surface area contributed by atoms with E-state index in [1.165, 1.54) is 14.1 Å². The Balaban J connectivity index is 1.34. The molecule has 46 heavy (non-hydrogen) atoms. The number of allylic oxidation sites excluding steroid dienone is 1. The summed E-state index contributed by atoms with van der Waals surface area (Å²) in [5, 5.41) is 20.7. The fourth-order valence-corrected chi connectivity index (χ4v) is 10.9. The van der Waals surface area contributed by atoms with Crippen LogP contribution in [0, 0.1) is 11.8 Å². The lowest BCUT2D eigenvalue weighted by Crippen LogP contribution is -2.56. The fraction of sp³-hybridized carbons (Fsp3) is 0.444. The van der Waals surface area contributed by atoms with Gasteiger partial charge in [-0.2, -0.15) is 0 Å². The maximum atomic E-state index is 13.8. The number of esters is 1. The highest BCUT2D eigenvalue weighted by atomic mass is 32.2. The van der Waals surface area contributed by atoms with Crippen LogP contribution in [0.4, 0.5) is 0 Å². The molecule has 246 valence electrons. The van der Waals surface area contributed by atoms with E-state index in [0.717, 1.165) is 29.3 Å². The van der Waals surface area contributed by atoms with Crippen LogP contribution in [0.3, 0.4) is 0 Å². The molecule has 1 saturated heterocycles. The molecule has 0 aromatic carbocycles. The van der Waals surface area contributed by atoms with Gasteiger partial charge < -0.3 is 19.7 Å². The molecule has 19 heteroatoms. The maximum absolute atomic E-state index is 13.8. The quantitative estimate of drug-likeness (QED) is 0.235. The maximum Gasteiger partial charge on any atom is 0.351 e. The lowest BCUT2D eigenvalue weighted by molar-refractivity contribution is -0.144. The van der Waals surface area contributed by atoms with Crippen molar-refractivity contribution in [2.75, 3.05) is 0 Å². The number of carbonyl (C=O) groups is 1. The largest absolute Gasteiger partial charge is 0.494 e. The summed E-state index contributed by atoms with van der Waals surface area (Å²) in [5.74, 6) is -4.49. The summed E-state index contributed by atoms with van der Waals surface area (Å²) in [7, 11) is -4.34. The highest BCUT2D eigenvalue weighted by molar-refractivity contribution is 7.98. The van der Waals surface area contributed by atoms with Crippen LogP contribution in [0.5, 0.6) is 5.88 Å². The van der Waals surface area contributed by atoms with E-state index in [2.05, 4.69) is 6.58 Å². The number of rotatable bonds is 2. The van der Waals surface area contributed by atoms with Gasteiger partial charge in [-0.3, -0.25) is 27.9 Å². The van der Waals surface area contributed by atoms with Crippen molar-refractivity contribution in [3.63, 3.8) is 0 Å². The molecule has 4 aliphatic rings. The number of aliphatic hydroxyl groups excluding tert-OH is 1. The van der Waals surface area contributed by atoms with Crippen LogP contribution in [0.25, 0.3) is 18.7 Å². The van der Waals surface area contributed by atoms with Crippen LogP contribution in [-0.2, 0) is 62.1 Å². The number of aromatic hydroxyl groups is 1. The SMILES string of the molecule is C=c1c(=CC2=C(O)OC3(CC4CC5(C[C@@H]4C3)OC(=O)/C(=C\c3c(O)n(C)c(=O)n(C)c3=O)S5(=O)=O)S2(=O)=O)c(=O)n(C)c(=O)n1C. The van der Waals surface area contributed by atoms with Crippen molar-refractivity contribution in [2.45, 2.75) is 35.5 Å². The number of ether oxygens (including phenoxy) is 2. The first-order valence-electron chi connectivity index (χ1n) is 13.7. The zero-order chi connectivity index (χ0) is 34.0. The summed E-state index contributed by atoms with van der Waals surface area (Å²) in [6, 6.07) is 0. The van der Waals surface area contributed by atoms with Crippen LogP contribution in [0.15, 0.2) is 34.9 Å². The molecule has 2 spiro atoms. The summed E-state index contributed by atoms with van der Waals surface area (Å²) >= 11 is 0. The molecule has 2 saturated carbocycles. The summed E-state index contributed by atoms with van der Waals surface area (Å²) in [6.45, 7) is 3.68. The number of hydrogen-bond donors (Lipinski definition) is 2. The third-order valence-electron chi connectivity index (χ3n) is 9.53. The first-order valence-corrected chi connectivity index (χ1v) is 16.7. The number of aliphatic hydroxyl groups is 1. The number of aromatic nitrogens is 4. The van der Waals surface area contributed by atoms with Crippen molar-refractivity contribution in [1.29, 1.82) is 0 Å².